The van der Waals surface area contributed by atoms with Crippen LogP contribution in [0, 0.1) is 24.1 Å². The van der Waals surface area contributed by atoms with Gasteiger partial charge in [0, 0.05) is 104 Å². The highest BCUT2D eigenvalue weighted by Crippen LogP contribution is 2.43. The number of carbonyl (C=O) groups excluding carboxylic acids is 4. The molecule has 436 valence electrons. The lowest BCUT2D eigenvalue weighted by molar-refractivity contribution is -0.144. The molecule has 0 aliphatic carbocycles. The minimum absolute atomic E-state index is 0. The summed E-state index contributed by atoms with van der Waals surface area (Å²) in [7, 11) is 0. The van der Waals surface area contributed by atoms with Gasteiger partial charge in [0.1, 0.15) is 35.3 Å². The van der Waals surface area contributed by atoms with Gasteiger partial charge in [-0.1, -0.05) is 87.5 Å². The van der Waals surface area contributed by atoms with Crippen molar-refractivity contribution in [1.29, 1.82) is 0 Å². The Morgan fingerprint density at radius 1 is 0.915 bits per heavy atom. The number of carbonyl (C=O) groups is 4. The molecule has 82 heavy (non-hydrogen) atoms. The number of nitrogens with zero attached hydrogens (tertiary/aromatic N) is 9. The number of likely N-dealkylation sites (tertiary alicyclic amines) is 2. The molecule has 5 atom stereocenters. The summed E-state index contributed by atoms with van der Waals surface area (Å²) < 4.78 is 23.6. The van der Waals surface area contributed by atoms with Crippen LogP contribution in [0.4, 0.5) is 10.2 Å². The van der Waals surface area contributed by atoms with Crippen molar-refractivity contribution in [2.45, 2.75) is 78.3 Å². The van der Waals surface area contributed by atoms with E-state index in [9.17, 15) is 29.4 Å². The quantitative estimate of drug-likeness (QED) is 0.0672. The van der Waals surface area contributed by atoms with Gasteiger partial charge in [-0.3, -0.25) is 29.0 Å². The molecule has 0 radical (unpaired) electrons. The van der Waals surface area contributed by atoms with Crippen LogP contribution in [0.5, 0.6) is 11.8 Å². The van der Waals surface area contributed by atoms with Gasteiger partial charge in [-0.15, -0.1) is 11.3 Å². The van der Waals surface area contributed by atoms with Gasteiger partial charge in [0.15, 0.2) is 5.82 Å². The number of aryl methyl sites for hydroxylation is 1. The number of piperazine rings is 2. The van der Waals surface area contributed by atoms with E-state index < -0.39 is 35.3 Å². The molecule has 18 nitrogen and oxygen atoms in total. The molecule has 0 unspecified atom stereocenters. The molecule has 4 fully saturated rings. The van der Waals surface area contributed by atoms with E-state index in [2.05, 4.69) is 41.9 Å². The number of nitrogens with one attached hydrogen (secondary N) is 2. The van der Waals surface area contributed by atoms with Crippen LogP contribution in [0.15, 0.2) is 84.9 Å². The van der Waals surface area contributed by atoms with Crippen molar-refractivity contribution >= 4 is 74.1 Å². The monoisotopic (exact) mass is 1160 g/mol. The molecule has 0 saturated carbocycles. The molecule has 4 saturated heterocycles. The zero-order chi connectivity index (χ0) is 58.1. The topological polar surface area (TPSA) is 200 Å². The van der Waals surface area contributed by atoms with E-state index >= 15 is 4.39 Å². The van der Waals surface area contributed by atoms with Crippen molar-refractivity contribution in [2.24, 2.45) is 11.3 Å². The average Bonchev–Trinajstić information content (AvgIpc) is 4.24. The SMILES string of the molecule is C=CC(=O)N1CCN(c2nc(O[C@H](C)CN3CCN(CC4CN(CC(=O)N[C@H](C(=O)N5C[C@H](O)C[C@H]5C(=O)N[C@@H](C)c5ccc(-c6scnc6C)cc5)C(C)(C)C)C4)CC3)nc3c(F)c(-c4cc(O)cc5ccccc45)c(Cl)cc23)CC1.[HH]. The number of anilines is 1. The molecule has 2 aromatic heterocycles. The molecule has 4 aliphatic heterocycles. The zero-order valence-electron chi connectivity index (χ0n) is 47.4. The first kappa shape index (κ1) is 58.4. The molecular formula is C61H75ClFN11O7S. The Morgan fingerprint density at radius 2 is 1.62 bits per heavy atom. The number of aromatic hydroxyl groups is 1. The predicted molar refractivity (Wildman–Crippen MR) is 319 cm³/mol. The fraction of sp³-hybridized carbons (Fsp3) is 0.459. The van der Waals surface area contributed by atoms with Gasteiger partial charge in [0.2, 0.25) is 23.6 Å². The predicted octanol–water partition coefficient (Wildman–Crippen LogP) is 7.15. The zero-order valence-corrected chi connectivity index (χ0v) is 49.0. The smallest absolute Gasteiger partial charge is 0.319 e. The highest BCUT2D eigenvalue weighted by atomic mass is 35.5. The number of rotatable bonds is 17. The maximum absolute atomic E-state index is 17.2. The summed E-state index contributed by atoms with van der Waals surface area (Å²) in [5.74, 6) is -1.05. The first-order valence-corrected chi connectivity index (χ1v) is 29.5. The summed E-state index contributed by atoms with van der Waals surface area (Å²) in [5, 5.41) is 29.5. The fourth-order valence-electron chi connectivity index (χ4n) is 11.9. The molecule has 4 aliphatic rings. The van der Waals surface area contributed by atoms with Crippen LogP contribution in [0.1, 0.15) is 59.8 Å². The number of phenols is 1. The van der Waals surface area contributed by atoms with Crippen LogP contribution < -0.4 is 20.3 Å². The number of hydrogen-bond acceptors (Lipinski definition) is 15. The van der Waals surface area contributed by atoms with Crippen LogP contribution >= 0.6 is 22.9 Å². The van der Waals surface area contributed by atoms with Crippen molar-refractivity contribution in [1.82, 2.24) is 50.1 Å². The third-order valence-corrected chi connectivity index (χ3v) is 17.6. The van der Waals surface area contributed by atoms with Crippen LogP contribution in [-0.4, -0.2) is 189 Å². The average molecular weight is 1160 g/mol. The van der Waals surface area contributed by atoms with Gasteiger partial charge in [-0.25, -0.2) is 9.37 Å². The number of β-amino-alcohol motifs (C(OH)–C–C–N with tert-alkyl or cyclic N) is 1. The number of hydrogen-bond donors (Lipinski definition) is 4. The van der Waals surface area contributed by atoms with Crippen LogP contribution in [0.25, 0.3) is 43.2 Å². The Kier molecular flexibility index (Phi) is 17.5. The van der Waals surface area contributed by atoms with E-state index in [-0.39, 0.29) is 78.7 Å². The Bertz CT molecular complexity index is 3360. The number of fused-ring (bicyclic) bond motifs is 2. The Morgan fingerprint density at radius 3 is 2.30 bits per heavy atom. The summed E-state index contributed by atoms with van der Waals surface area (Å²) in [4.78, 5) is 81.2. The molecule has 4 aromatic carbocycles. The molecule has 10 rings (SSSR count). The van der Waals surface area contributed by atoms with Gasteiger partial charge >= 0.3 is 6.01 Å². The minimum atomic E-state index is -0.920. The maximum atomic E-state index is 17.2. The van der Waals surface area contributed by atoms with E-state index in [0.29, 0.717) is 60.8 Å². The highest BCUT2D eigenvalue weighted by Gasteiger charge is 2.45. The Labute approximate surface area is 488 Å². The number of halogens is 2. The molecular weight excluding hydrogens is 1090 g/mol. The number of aliphatic hydroxyl groups excluding tert-OH is 1. The molecule has 4 amide bonds. The summed E-state index contributed by atoms with van der Waals surface area (Å²) in [6.45, 7) is 23.2. The van der Waals surface area contributed by atoms with E-state index in [1.165, 1.54) is 17.0 Å². The molecule has 21 heteroatoms. The first-order chi connectivity index (χ1) is 39.2. The maximum Gasteiger partial charge on any atom is 0.319 e. The molecule has 0 spiro atoms. The summed E-state index contributed by atoms with van der Waals surface area (Å²) in [5.41, 5.74) is 4.61. The van der Waals surface area contributed by atoms with Crippen molar-refractivity contribution in [3.05, 3.63) is 107 Å². The van der Waals surface area contributed by atoms with Crippen molar-refractivity contribution in [3.8, 4) is 33.3 Å². The molecule has 4 N–H and O–H groups in total. The van der Waals surface area contributed by atoms with Gasteiger partial charge in [-0.2, -0.15) is 9.97 Å². The number of benzene rings is 4. The second-order valence-corrected chi connectivity index (χ2v) is 24.7. The number of ether oxygens (including phenoxy) is 1. The minimum Gasteiger partial charge on any atom is -0.508 e. The first-order valence-electron chi connectivity index (χ1n) is 28.2. The van der Waals surface area contributed by atoms with Crippen molar-refractivity contribution in [3.63, 3.8) is 0 Å². The number of amides is 4. The third-order valence-electron chi connectivity index (χ3n) is 16.3. The van der Waals surface area contributed by atoms with E-state index in [1.807, 2.05) is 100 Å². The molecule has 0 bridgehead atoms. The van der Waals surface area contributed by atoms with Crippen molar-refractivity contribution < 1.29 is 39.9 Å². The van der Waals surface area contributed by atoms with Gasteiger partial charge in [0.05, 0.1) is 39.8 Å². The number of thiazole rings is 1. The van der Waals surface area contributed by atoms with Crippen LogP contribution in [0.3, 0.4) is 0 Å². The van der Waals surface area contributed by atoms with Crippen LogP contribution in [-0.2, 0) is 19.2 Å². The lowest BCUT2D eigenvalue weighted by Crippen LogP contribution is -2.60. The number of phenolic OH excluding ortho intramolecular Hbond substituents is 1. The molecule has 6 heterocycles. The molecule has 6 aromatic rings. The summed E-state index contributed by atoms with van der Waals surface area (Å²) in [6.07, 6.45) is 0.158. The van der Waals surface area contributed by atoms with Crippen molar-refractivity contribution in [2.75, 3.05) is 96.5 Å². The van der Waals surface area contributed by atoms with Gasteiger partial charge in [-0.05, 0) is 83.8 Å². The summed E-state index contributed by atoms with van der Waals surface area (Å²) in [6, 6.07) is 18.0. The third kappa shape index (κ3) is 12.9. The largest absolute Gasteiger partial charge is 0.508 e. The fourth-order valence-corrected chi connectivity index (χ4v) is 13.0. The van der Waals surface area contributed by atoms with E-state index in [4.69, 9.17) is 21.3 Å². The Balaban J connectivity index is 0.00000828. The lowest BCUT2D eigenvalue weighted by Gasteiger charge is -2.44. The van der Waals surface area contributed by atoms with Gasteiger partial charge < -0.3 is 45.2 Å². The highest BCUT2D eigenvalue weighted by molar-refractivity contribution is 7.13. The number of aliphatic hydroxyl groups is 1. The van der Waals surface area contributed by atoms with E-state index in [1.54, 1.807) is 28.4 Å². The normalized spacial score (nSPS) is 19.7. The van der Waals surface area contributed by atoms with Crippen LogP contribution in [0.2, 0.25) is 5.02 Å². The Hall–Kier alpha value is -6.81. The number of aromatic nitrogens is 3. The standard InChI is InChI=1S/C61H73ClFN11O7S.H2/c1-8-51(78)72-21-23-73(24-22-72)57-47-28-48(62)52(46-26-43(75)25-42-11-9-10-12-45(42)46)53(63)54(47)67-60(68-57)81-36(2)29-69-17-19-70(20-18-69)30-39-31-71(32-39)34-50(77)66-56(61(5,6)7)59(80)74-33-44(76)27-49(74)58(79)65-37(3)40-13-15-41(16-14-40)55-38(4)64-35-82-55;/h8-16,25-26,28,35-37,39,44,49,56,75-76H,1,17-24,27,29-34H2,2-7H3,(H,65,79)(H,66,77);1H/t36-,37+,44-,49+,56-;/m1./s1. The lowest BCUT2D eigenvalue weighted by atomic mass is 9.85. The second kappa shape index (κ2) is 24.6. The van der Waals surface area contributed by atoms with E-state index in [0.717, 1.165) is 72.9 Å². The van der Waals surface area contributed by atoms with Gasteiger partial charge in [0.25, 0.3) is 0 Å². The summed E-state index contributed by atoms with van der Waals surface area (Å²) >= 11 is 8.53. The second-order valence-electron chi connectivity index (χ2n) is 23.5.